The van der Waals surface area contributed by atoms with Crippen LogP contribution in [0.15, 0.2) is 76.7 Å². The highest BCUT2D eigenvalue weighted by Gasteiger charge is 2.35. The van der Waals surface area contributed by atoms with Gasteiger partial charge in [-0.25, -0.2) is 13.8 Å². The summed E-state index contributed by atoms with van der Waals surface area (Å²) < 4.78 is 28.3. The monoisotopic (exact) mass is 531 g/mol. The molecule has 0 spiro atoms. The molecule has 1 aliphatic rings. The number of hydrogen-bond acceptors (Lipinski definition) is 5. The number of carbonyl (C=O) groups is 1. The number of unbranched alkanes of at least 4 members (excludes halogenated alkanes) is 1. The Morgan fingerprint density at radius 3 is 2.41 bits per heavy atom. The van der Waals surface area contributed by atoms with E-state index < -0.39 is 17.4 Å². The number of hydrogen-bond donors (Lipinski definition) is 1. The van der Waals surface area contributed by atoms with Gasteiger partial charge in [-0.3, -0.25) is 14.2 Å². The molecule has 0 fully saturated rings. The minimum atomic E-state index is -0.881. The van der Waals surface area contributed by atoms with E-state index >= 15 is 0 Å². The Morgan fingerprint density at radius 1 is 1.03 bits per heavy atom. The van der Waals surface area contributed by atoms with Crippen LogP contribution in [0.25, 0.3) is 16.6 Å². The van der Waals surface area contributed by atoms with E-state index in [1.54, 1.807) is 30.3 Å². The Labute approximate surface area is 223 Å². The van der Waals surface area contributed by atoms with Crippen LogP contribution in [-0.2, 0) is 22.5 Å². The maximum Gasteiger partial charge on any atom is 0.303 e. The zero-order chi connectivity index (χ0) is 27.6. The molecule has 3 aromatic carbocycles. The molecular formula is C30H27F2N3O4. The van der Waals surface area contributed by atoms with Crippen LogP contribution in [0.1, 0.15) is 49.6 Å². The molecule has 0 amide bonds. The van der Waals surface area contributed by atoms with Gasteiger partial charge < -0.3 is 9.94 Å². The van der Waals surface area contributed by atoms with Crippen molar-refractivity contribution in [3.05, 3.63) is 106 Å². The Hall–Kier alpha value is -4.40. The van der Waals surface area contributed by atoms with Crippen LogP contribution in [-0.4, -0.2) is 31.9 Å². The van der Waals surface area contributed by atoms with Crippen molar-refractivity contribution in [1.82, 2.24) is 9.55 Å². The largest absolute Gasteiger partial charge is 0.481 e. The molecule has 0 aliphatic carbocycles. The first kappa shape index (κ1) is 26.2. The average molecular weight is 532 g/mol. The van der Waals surface area contributed by atoms with Crippen molar-refractivity contribution in [2.45, 2.75) is 51.0 Å². The second-order valence-corrected chi connectivity index (χ2v) is 10.0. The van der Waals surface area contributed by atoms with Crippen molar-refractivity contribution in [2.24, 2.45) is 5.16 Å². The van der Waals surface area contributed by atoms with E-state index in [1.807, 2.05) is 6.92 Å². The number of oxime groups is 1. The molecule has 0 radical (unpaired) electrons. The standard InChI is InChI=1S/C30H27F2N3O4/c1-30(17-19-6-9-21(31)10-7-19)18-26(34-39-30)20-8-15-24-25(16-20)33-27(4-2-3-5-28(36)37)35(29(24)38)23-13-11-22(32)12-14-23/h6-16H,2-5,17-18H2,1H3,(H,36,37)/t30-/m1/s1. The molecule has 2 heterocycles. The lowest BCUT2D eigenvalue weighted by Gasteiger charge is -2.21. The number of aromatic nitrogens is 2. The molecule has 1 atom stereocenters. The summed E-state index contributed by atoms with van der Waals surface area (Å²) >= 11 is 0. The quantitative estimate of drug-likeness (QED) is 0.284. The van der Waals surface area contributed by atoms with Gasteiger partial charge in [0.1, 0.15) is 23.1 Å². The number of rotatable bonds is 9. The number of carboxylic acid groups (broad SMARTS) is 1. The summed E-state index contributed by atoms with van der Waals surface area (Å²) in [5, 5.41) is 13.7. The zero-order valence-corrected chi connectivity index (χ0v) is 21.4. The van der Waals surface area contributed by atoms with Gasteiger partial charge in [0.2, 0.25) is 0 Å². The zero-order valence-electron chi connectivity index (χ0n) is 21.4. The van der Waals surface area contributed by atoms with E-state index in [4.69, 9.17) is 14.9 Å². The van der Waals surface area contributed by atoms with E-state index in [0.29, 0.717) is 60.2 Å². The Morgan fingerprint density at radius 2 is 1.72 bits per heavy atom. The van der Waals surface area contributed by atoms with Crippen LogP contribution in [0.4, 0.5) is 8.78 Å². The Bertz CT molecular complexity index is 1610. The third-order valence-electron chi connectivity index (χ3n) is 6.81. The van der Waals surface area contributed by atoms with E-state index in [9.17, 15) is 18.4 Å². The molecule has 0 unspecified atom stereocenters. The van der Waals surface area contributed by atoms with Gasteiger partial charge >= 0.3 is 5.97 Å². The number of carboxylic acids is 1. The van der Waals surface area contributed by atoms with Crippen LogP contribution in [0, 0.1) is 11.6 Å². The van der Waals surface area contributed by atoms with E-state index in [0.717, 1.165) is 11.1 Å². The number of benzene rings is 3. The van der Waals surface area contributed by atoms with Crippen molar-refractivity contribution in [3.63, 3.8) is 0 Å². The maximum atomic E-state index is 13.6. The van der Waals surface area contributed by atoms with Gasteiger partial charge in [0.25, 0.3) is 5.56 Å². The fraction of sp³-hybridized carbons (Fsp3) is 0.267. The fourth-order valence-electron chi connectivity index (χ4n) is 4.86. The summed E-state index contributed by atoms with van der Waals surface area (Å²) in [7, 11) is 0. The third-order valence-corrected chi connectivity index (χ3v) is 6.81. The highest BCUT2D eigenvalue weighted by atomic mass is 19.1. The lowest BCUT2D eigenvalue weighted by molar-refractivity contribution is -0.137. The number of nitrogens with zero attached hydrogens (tertiary/aromatic N) is 3. The van der Waals surface area contributed by atoms with Gasteiger partial charge in [0, 0.05) is 31.2 Å². The minimum Gasteiger partial charge on any atom is -0.481 e. The molecule has 0 saturated carbocycles. The first-order valence-corrected chi connectivity index (χ1v) is 12.7. The molecule has 1 N–H and O–H groups in total. The lowest BCUT2D eigenvalue weighted by atomic mass is 9.89. The van der Waals surface area contributed by atoms with E-state index in [2.05, 4.69) is 5.16 Å². The van der Waals surface area contributed by atoms with Gasteiger partial charge in [0.15, 0.2) is 0 Å². The summed E-state index contributed by atoms with van der Waals surface area (Å²) in [5.74, 6) is -1.13. The van der Waals surface area contributed by atoms with Gasteiger partial charge in [-0.1, -0.05) is 23.4 Å². The van der Waals surface area contributed by atoms with Crippen molar-refractivity contribution in [1.29, 1.82) is 0 Å². The number of halogens is 2. The van der Waals surface area contributed by atoms with Crippen LogP contribution in [0.3, 0.4) is 0 Å². The van der Waals surface area contributed by atoms with Gasteiger partial charge in [-0.2, -0.15) is 0 Å². The molecule has 200 valence electrons. The minimum absolute atomic E-state index is 0.0228. The Balaban J connectivity index is 1.46. The molecule has 39 heavy (non-hydrogen) atoms. The molecule has 4 aromatic rings. The van der Waals surface area contributed by atoms with Crippen molar-refractivity contribution in [3.8, 4) is 5.69 Å². The number of aliphatic carboxylic acids is 1. The predicted octanol–water partition coefficient (Wildman–Crippen LogP) is 5.59. The van der Waals surface area contributed by atoms with Crippen molar-refractivity contribution >= 4 is 22.6 Å². The second kappa shape index (κ2) is 10.8. The molecule has 5 rings (SSSR count). The molecule has 0 bridgehead atoms. The van der Waals surface area contributed by atoms with Gasteiger partial charge in [-0.05, 0) is 73.9 Å². The van der Waals surface area contributed by atoms with Crippen molar-refractivity contribution < 1.29 is 23.5 Å². The number of fused-ring (bicyclic) bond motifs is 1. The molecule has 1 aromatic heterocycles. The van der Waals surface area contributed by atoms with E-state index in [1.165, 1.54) is 41.0 Å². The Kier molecular flexibility index (Phi) is 7.24. The summed E-state index contributed by atoms with van der Waals surface area (Å²) in [6, 6.07) is 17.2. The molecular weight excluding hydrogens is 504 g/mol. The SMILES string of the molecule is C[C@@]1(Cc2ccc(F)cc2)CC(c2ccc3c(=O)n(-c4ccc(F)cc4)c(CCCCC(=O)O)nc3c2)=NO1. The first-order chi connectivity index (χ1) is 18.7. The molecule has 0 saturated heterocycles. The molecule has 1 aliphatic heterocycles. The smallest absolute Gasteiger partial charge is 0.303 e. The number of aryl methyl sites for hydroxylation is 1. The van der Waals surface area contributed by atoms with Crippen LogP contribution < -0.4 is 5.56 Å². The molecule has 9 heteroatoms. The van der Waals surface area contributed by atoms with E-state index in [-0.39, 0.29) is 17.8 Å². The fourth-order valence-corrected chi connectivity index (χ4v) is 4.86. The maximum absolute atomic E-state index is 13.6. The molecule has 7 nitrogen and oxygen atoms in total. The third kappa shape index (κ3) is 5.87. The highest BCUT2D eigenvalue weighted by Crippen LogP contribution is 2.31. The van der Waals surface area contributed by atoms with Crippen molar-refractivity contribution in [2.75, 3.05) is 0 Å². The van der Waals surface area contributed by atoms with Gasteiger partial charge in [-0.15, -0.1) is 0 Å². The summed E-state index contributed by atoms with van der Waals surface area (Å²) in [6.07, 6.45) is 2.43. The first-order valence-electron chi connectivity index (χ1n) is 12.7. The van der Waals surface area contributed by atoms with Crippen LogP contribution >= 0.6 is 0 Å². The second-order valence-electron chi connectivity index (χ2n) is 10.0. The summed E-state index contributed by atoms with van der Waals surface area (Å²) in [5.41, 5.74) is 2.50. The average Bonchev–Trinajstić information content (AvgIpc) is 3.30. The highest BCUT2D eigenvalue weighted by molar-refractivity contribution is 6.03. The lowest BCUT2D eigenvalue weighted by Crippen LogP contribution is -2.28. The van der Waals surface area contributed by atoms with Gasteiger partial charge in [0.05, 0.1) is 22.3 Å². The summed E-state index contributed by atoms with van der Waals surface area (Å²) in [4.78, 5) is 35.1. The van der Waals surface area contributed by atoms with Crippen LogP contribution in [0.2, 0.25) is 0 Å². The topological polar surface area (TPSA) is 93.8 Å². The van der Waals surface area contributed by atoms with Crippen LogP contribution in [0.5, 0.6) is 0 Å². The summed E-state index contributed by atoms with van der Waals surface area (Å²) in [6.45, 7) is 1.95. The predicted molar refractivity (Wildman–Crippen MR) is 143 cm³/mol. The normalized spacial score (nSPS) is 16.7.